The molecule has 0 aromatic rings. The molecule has 0 aromatic carbocycles. The summed E-state index contributed by atoms with van der Waals surface area (Å²) in [5.41, 5.74) is 1.24. The highest BCUT2D eigenvalue weighted by atomic mass is 16.3. The fourth-order valence-electron chi connectivity index (χ4n) is 2.62. The van der Waals surface area contributed by atoms with Crippen LogP contribution in [0.4, 0.5) is 0 Å². The van der Waals surface area contributed by atoms with Gasteiger partial charge in [-0.15, -0.1) is 0 Å². The maximum absolute atomic E-state index is 11.7. The van der Waals surface area contributed by atoms with Crippen molar-refractivity contribution in [3.05, 3.63) is 11.6 Å². The summed E-state index contributed by atoms with van der Waals surface area (Å²) in [6.45, 7) is 10.3. The van der Waals surface area contributed by atoms with Crippen molar-refractivity contribution in [2.75, 3.05) is 0 Å². The second kappa shape index (κ2) is 4.09. The van der Waals surface area contributed by atoms with Crippen LogP contribution in [0.2, 0.25) is 0 Å². The van der Waals surface area contributed by atoms with Gasteiger partial charge in [-0.2, -0.15) is 0 Å². The molecule has 2 nitrogen and oxygen atoms in total. The van der Waals surface area contributed by atoms with Crippen molar-refractivity contribution in [1.82, 2.24) is 0 Å². The van der Waals surface area contributed by atoms with Gasteiger partial charge in [-0.05, 0) is 31.6 Å². The third-order valence-corrected chi connectivity index (χ3v) is 3.45. The standard InChI is InChI=1S/C13H22O2/c1-8(2)6-10-9(3)12(15)11(14)7-13(10,4)5/h6,9-11,14H,7H2,1-5H3. The quantitative estimate of drug-likeness (QED) is 0.675. The SMILES string of the molecule is CC(C)=CC1C(C)C(=O)C(O)CC1(C)C. The first-order chi connectivity index (χ1) is 6.75. The summed E-state index contributed by atoms with van der Waals surface area (Å²) in [6, 6.07) is 0. The molecule has 86 valence electrons. The number of aliphatic hydroxyl groups excluding tert-OH is 1. The highest BCUT2D eigenvalue weighted by Gasteiger charge is 2.44. The van der Waals surface area contributed by atoms with Gasteiger partial charge in [0.25, 0.3) is 0 Å². The number of hydrogen-bond acceptors (Lipinski definition) is 2. The molecule has 0 amide bonds. The lowest BCUT2D eigenvalue weighted by Crippen LogP contribution is -2.46. The molecule has 0 radical (unpaired) electrons. The van der Waals surface area contributed by atoms with Gasteiger partial charge in [0.05, 0.1) is 0 Å². The maximum Gasteiger partial charge on any atom is 0.164 e. The number of Topliss-reactive ketones (excluding diaryl/α,β-unsaturated/α-hetero) is 1. The van der Waals surface area contributed by atoms with Crippen molar-refractivity contribution >= 4 is 5.78 Å². The van der Waals surface area contributed by atoms with Crippen LogP contribution in [0.1, 0.15) is 41.0 Å². The molecule has 1 N–H and O–H groups in total. The number of carbonyl (C=O) groups is 1. The summed E-state index contributed by atoms with van der Waals surface area (Å²) in [4.78, 5) is 11.7. The van der Waals surface area contributed by atoms with Crippen molar-refractivity contribution in [2.45, 2.75) is 47.1 Å². The Labute approximate surface area is 92.4 Å². The Morgan fingerprint density at radius 1 is 1.47 bits per heavy atom. The van der Waals surface area contributed by atoms with Crippen LogP contribution in [-0.4, -0.2) is 17.0 Å². The van der Waals surface area contributed by atoms with E-state index in [-0.39, 0.29) is 23.0 Å². The fraction of sp³-hybridized carbons (Fsp3) is 0.769. The molecule has 0 bridgehead atoms. The predicted octanol–water partition coefficient (Wildman–Crippen LogP) is 2.56. The second-order valence-electron chi connectivity index (χ2n) is 5.67. The fourth-order valence-corrected chi connectivity index (χ4v) is 2.62. The van der Waals surface area contributed by atoms with Crippen LogP contribution >= 0.6 is 0 Å². The zero-order valence-electron chi connectivity index (χ0n) is 10.4. The first kappa shape index (κ1) is 12.4. The zero-order chi connectivity index (χ0) is 11.8. The van der Waals surface area contributed by atoms with Gasteiger partial charge in [-0.25, -0.2) is 0 Å². The zero-order valence-corrected chi connectivity index (χ0v) is 10.4. The molecule has 2 heteroatoms. The van der Waals surface area contributed by atoms with Gasteiger partial charge in [-0.1, -0.05) is 32.4 Å². The Bertz CT molecular complexity index is 285. The van der Waals surface area contributed by atoms with Crippen LogP contribution in [0, 0.1) is 17.3 Å². The molecule has 0 saturated heterocycles. The molecule has 1 rings (SSSR count). The van der Waals surface area contributed by atoms with Gasteiger partial charge in [0.15, 0.2) is 5.78 Å². The average Bonchev–Trinajstić information content (AvgIpc) is 2.08. The molecule has 0 heterocycles. The van der Waals surface area contributed by atoms with Crippen molar-refractivity contribution in [3.8, 4) is 0 Å². The Hall–Kier alpha value is -0.630. The molecule has 1 aliphatic rings. The van der Waals surface area contributed by atoms with Gasteiger partial charge in [0.2, 0.25) is 0 Å². The normalized spacial score (nSPS) is 35.1. The van der Waals surface area contributed by atoms with Crippen LogP contribution in [0.25, 0.3) is 0 Å². The average molecular weight is 210 g/mol. The van der Waals surface area contributed by atoms with E-state index in [2.05, 4.69) is 33.8 Å². The van der Waals surface area contributed by atoms with Gasteiger partial charge in [0, 0.05) is 5.92 Å². The molecule has 1 aliphatic carbocycles. The first-order valence-electron chi connectivity index (χ1n) is 5.62. The summed E-state index contributed by atoms with van der Waals surface area (Å²) >= 11 is 0. The lowest BCUT2D eigenvalue weighted by atomic mass is 9.62. The van der Waals surface area contributed by atoms with Crippen LogP contribution in [0.3, 0.4) is 0 Å². The Morgan fingerprint density at radius 2 is 2.00 bits per heavy atom. The van der Waals surface area contributed by atoms with Crippen molar-refractivity contribution in [2.24, 2.45) is 17.3 Å². The third kappa shape index (κ3) is 2.49. The molecule has 15 heavy (non-hydrogen) atoms. The topological polar surface area (TPSA) is 37.3 Å². The minimum absolute atomic E-state index is 0.00294. The van der Waals surface area contributed by atoms with E-state index in [1.807, 2.05) is 6.92 Å². The largest absolute Gasteiger partial charge is 0.385 e. The number of allylic oxidation sites excluding steroid dienone is 2. The number of rotatable bonds is 1. The van der Waals surface area contributed by atoms with Gasteiger partial charge in [-0.3, -0.25) is 4.79 Å². The minimum atomic E-state index is -0.767. The summed E-state index contributed by atoms with van der Waals surface area (Å²) in [6.07, 6.45) is 1.98. The maximum atomic E-state index is 11.7. The van der Waals surface area contributed by atoms with Crippen LogP contribution in [0.15, 0.2) is 11.6 Å². The lowest BCUT2D eigenvalue weighted by Gasteiger charge is -2.42. The predicted molar refractivity (Wildman–Crippen MR) is 61.5 cm³/mol. The summed E-state index contributed by atoms with van der Waals surface area (Å²) in [5, 5.41) is 9.67. The first-order valence-corrected chi connectivity index (χ1v) is 5.62. The van der Waals surface area contributed by atoms with Crippen LogP contribution in [-0.2, 0) is 4.79 Å². The monoisotopic (exact) mass is 210 g/mol. The summed E-state index contributed by atoms with van der Waals surface area (Å²) in [7, 11) is 0. The number of hydrogen-bond donors (Lipinski definition) is 1. The van der Waals surface area contributed by atoms with Crippen molar-refractivity contribution in [1.29, 1.82) is 0 Å². The van der Waals surface area contributed by atoms with Crippen molar-refractivity contribution < 1.29 is 9.90 Å². The third-order valence-electron chi connectivity index (χ3n) is 3.45. The van der Waals surface area contributed by atoms with E-state index in [4.69, 9.17) is 0 Å². The molecule has 1 saturated carbocycles. The Kier molecular flexibility index (Phi) is 3.39. The Balaban J connectivity index is 3.01. The smallest absolute Gasteiger partial charge is 0.164 e. The van der Waals surface area contributed by atoms with Crippen LogP contribution < -0.4 is 0 Å². The number of aliphatic hydroxyl groups is 1. The summed E-state index contributed by atoms with van der Waals surface area (Å²) in [5.74, 6) is 0.175. The molecule has 1 fully saturated rings. The van der Waals surface area contributed by atoms with E-state index in [9.17, 15) is 9.90 Å². The molecular formula is C13H22O2. The van der Waals surface area contributed by atoms with E-state index >= 15 is 0 Å². The van der Waals surface area contributed by atoms with E-state index in [1.54, 1.807) is 0 Å². The molecule has 0 aliphatic heterocycles. The van der Waals surface area contributed by atoms with Crippen molar-refractivity contribution in [3.63, 3.8) is 0 Å². The lowest BCUT2D eigenvalue weighted by molar-refractivity contribution is -0.140. The van der Waals surface area contributed by atoms with E-state index < -0.39 is 6.10 Å². The highest BCUT2D eigenvalue weighted by Crippen LogP contribution is 2.43. The van der Waals surface area contributed by atoms with Gasteiger partial charge < -0.3 is 5.11 Å². The minimum Gasteiger partial charge on any atom is -0.385 e. The Morgan fingerprint density at radius 3 is 2.47 bits per heavy atom. The number of carbonyl (C=O) groups excluding carboxylic acids is 1. The van der Waals surface area contributed by atoms with Gasteiger partial charge >= 0.3 is 0 Å². The van der Waals surface area contributed by atoms with Crippen LogP contribution in [0.5, 0.6) is 0 Å². The van der Waals surface area contributed by atoms with E-state index in [0.29, 0.717) is 6.42 Å². The molecule has 3 unspecified atom stereocenters. The summed E-state index contributed by atoms with van der Waals surface area (Å²) < 4.78 is 0. The van der Waals surface area contributed by atoms with E-state index in [0.717, 1.165) is 0 Å². The highest BCUT2D eigenvalue weighted by molar-refractivity contribution is 5.86. The number of ketones is 1. The van der Waals surface area contributed by atoms with E-state index in [1.165, 1.54) is 5.57 Å². The molecular weight excluding hydrogens is 188 g/mol. The molecule has 0 spiro atoms. The second-order valence-corrected chi connectivity index (χ2v) is 5.67. The molecule has 0 aromatic heterocycles. The molecule has 3 atom stereocenters. The van der Waals surface area contributed by atoms with Gasteiger partial charge in [0.1, 0.15) is 6.10 Å².